The van der Waals surface area contributed by atoms with E-state index in [0.29, 0.717) is 30.8 Å². The molecular formula is C24H27FN4O2. The summed E-state index contributed by atoms with van der Waals surface area (Å²) in [6.07, 6.45) is 5.34. The number of hydrogen-bond donors (Lipinski definition) is 1. The van der Waals surface area contributed by atoms with Crippen molar-refractivity contribution >= 4 is 28.3 Å². The molecule has 4 rings (SSSR count). The smallest absolute Gasteiger partial charge is 0.410 e. The van der Waals surface area contributed by atoms with Crippen LogP contribution in [0.2, 0.25) is 0 Å². The third-order valence-electron chi connectivity index (χ3n) is 5.48. The van der Waals surface area contributed by atoms with E-state index in [2.05, 4.69) is 18.0 Å². The summed E-state index contributed by atoms with van der Waals surface area (Å²) < 4.78 is 21.5. The third kappa shape index (κ3) is 4.40. The third-order valence-corrected chi connectivity index (χ3v) is 5.48. The first-order chi connectivity index (χ1) is 14.8. The van der Waals surface area contributed by atoms with Gasteiger partial charge in [0.15, 0.2) is 0 Å². The Kier molecular flexibility index (Phi) is 5.67. The molecule has 0 aliphatic carbocycles. The minimum Gasteiger partial charge on any atom is -0.447 e. The molecule has 6 nitrogen and oxygen atoms in total. The summed E-state index contributed by atoms with van der Waals surface area (Å²) in [5.41, 5.74) is 9.71. The summed E-state index contributed by atoms with van der Waals surface area (Å²) in [6, 6.07) is 8.96. The van der Waals surface area contributed by atoms with Crippen LogP contribution in [0, 0.1) is 11.7 Å². The Bertz CT molecular complexity index is 1130. The maximum Gasteiger partial charge on any atom is 0.410 e. The number of carbonyl (C=O) groups excluding carboxylic acids is 1. The van der Waals surface area contributed by atoms with Gasteiger partial charge in [-0.3, -0.25) is 4.98 Å². The van der Waals surface area contributed by atoms with Gasteiger partial charge in [-0.05, 0) is 55.2 Å². The number of rotatable bonds is 4. The molecule has 1 atom stereocenters. The number of amides is 1. The summed E-state index contributed by atoms with van der Waals surface area (Å²) in [5.74, 6) is -0.160. The molecule has 0 saturated carbocycles. The quantitative estimate of drug-likeness (QED) is 0.619. The zero-order valence-corrected chi connectivity index (χ0v) is 18.0. The molecule has 3 heterocycles. The summed E-state index contributed by atoms with van der Waals surface area (Å²) >= 11 is 0. The number of benzene rings is 1. The van der Waals surface area contributed by atoms with Gasteiger partial charge < -0.3 is 19.9 Å². The maximum absolute atomic E-state index is 14.4. The summed E-state index contributed by atoms with van der Waals surface area (Å²) in [7, 11) is 0. The van der Waals surface area contributed by atoms with Crippen molar-refractivity contribution in [3.8, 4) is 0 Å². The molecule has 31 heavy (non-hydrogen) atoms. The molecule has 1 aromatic carbocycles. The van der Waals surface area contributed by atoms with Crippen LogP contribution < -0.4 is 5.73 Å². The van der Waals surface area contributed by atoms with Gasteiger partial charge in [0.25, 0.3) is 0 Å². The van der Waals surface area contributed by atoms with Crippen LogP contribution in [-0.4, -0.2) is 39.7 Å². The van der Waals surface area contributed by atoms with Crippen molar-refractivity contribution in [2.45, 2.75) is 33.4 Å². The molecule has 3 aromatic rings. The molecule has 2 aromatic heterocycles. The van der Waals surface area contributed by atoms with Crippen LogP contribution in [0.5, 0.6) is 0 Å². The van der Waals surface area contributed by atoms with Crippen molar-refractivity contribution in [2.75, 3.05) is 18.8 Å². The van der Waals surface area contributed by atoms with Crippen molar-refractivity contribution in [1.29, 1.82) is 0 Å². The molecular weight excluding hydrogens is 395 g/mol. The van der Waals surface area contributed by atoms with Crippen LogP contribution in [0.3, 0.4) is 0 Å². The van der Waals surface area contributed by atoms with E-state index in [1.165, 1.54) is 11.6 Å². The number of hydrogen-bond acceptors (Lipinski definition) is 4. The monoisotopic (exact) mass is 422 g/mol. The summed E-state index contributed by atoms with van der Waals surface area (Å²) in [5, 5.41) is 0.774. The van der Waals surface area contributed by atoms with Gasteiger partial charge in [-0.2, -0.15) is 0 Å². The van der Waals surface area contributed by atoms with Crippen LogP contribution in [-0.2, 0) is 11.3 Å². The van der Waals surface area contributed by atoms with Crippen molar-refractivity contribution < 1.29 is 13.9 Å². The van der Waals surface area contributed by atoms with Gasteiger partial charge in [0.05, 0.1) is 23.9 Å². The highest BCUT2D eigenvalue weighted by Gasteiger charge is 2.25. The van der Waals surface area contributed by atoms with Crippen LogP contribution in [0.1, 0.15) is 32.0 Å². The van der Waals surface area contributed by atoms with E-state index in [4.69, 9.17) is 10.5 Å². The number of halogens is 1. The van der Waals surface area contributed by atoms with Gasteiger partial charge in [0, 0.05) is 36.6 Å². The molecule has 1 amide bonds. The highest BCUT2D eigenvalue weighted by molar-refractivity contribution is 5.84. The number of nitrogens with two attached hydrogens (primary N) is 1. The van der Waals surface area contributed by atoms with Gasteiger partial charge >= 0.3 is 6.09 Å². The van der Waals surface area contributed by atoms with E-state index in [1.807, 2.05) is 49.0 Å². The van der Waals surface area contributed by atoms with E-state index in [1.54, 1.807) is 11.0 Å². The molecule has 162 valence electrons. The van der Waals surface area contributed by atoms with Gasteiger partial charge in [0.2, 0.25) is 0 Å². The average molecular weight is 423 g/mol. The first-order valence-electron chi connectivity index (χ1n) is 10.5. The van der Waals surface area contributed by atoms with E-state index in [0.717, 1.165) is 16.6 Å². The number of ether oxygens (including phenoxy) is 1. The van der Waals surface area contributed by atoms with Crippen molar-refractivity contribution in [1.82, 2.24) is 14.5 Å². The van der Waals surface area contributed by atoms with E-state index < -0.39 is 0 Å². The molecule has 1 unspecified atom stereocenters. The van der Waals surface area contributed by atoms with E-state index in [-0.39, 0.29) is 23.9 Å². The molecule has 0 saturated heterocycles. The number of anilines is 1. The Balaban J connectivity index is 1.49. The number of nitrogen functional groups attached to an aromatic ring is 1. The van der Waals surface area contributed by atoms with Crippen molar-refractivity contribution in [3.63, 3.8) is 0 Å². The zero-order chi connectivity index (χ0) is 22.1. The number of fused-ring (bicyclic) bond motifs is 1. The number of aromatic nitrogens is 2. The first-order valence-corrected chi connectivity index (χ1v) is 10.5. The fourth-order valence-corrected chi connectivity index (χ4v) is 4.05. The Morgan fingerprint density at radius 2 is 2.13 bits per heavy atom. The number of nitrogens with zero attached hydrogens (tertiary/aromatic N) is 3. The molecule has 2 N–H and O–H groups in total. The standard InChI is InChI=1S/C24H27FN4O2/c1-15(2)31-24(30)29-9-7-21(16(3)13-29)18-4-5-20(27-12-18)14-28-8-6-17-10-19(26)11-22(25)23(17)28/h4-8,10-12,15-16H,9,13-14,26H2,1-3H3. The predicted molar refractivity (Wildman–Crippen MR) is 120 cm³/mol. The van der Waals surface area contributed by atoms with E-state index >= 15 is 0 Å². The fourth-order valence-electron chi connectivity index (χ4n) is 4.05. The topological polar surface area (TPSA) is 73.4 Å². The van der Waals surface area contributed by atoms with Crippen molar-refractivity contribution in [3.05, 3.63) is 65.9 Å². The molecule has 0 radical (unpaired) electrons. The molecule has 1 aliphatic heterocycles. The fraction of sp³-hybridized carbons (Fsp3) is 0.333. The number of pyridine rings is 1. The summed E-state index contributed by atoms with van der Waals surface area (Å²) in [4.78, 5) is 18.5. The molecule has 0 fully saturated rings. The van der Waals surface area contributed by atoms with Crippen molar-refractivity contribution in [2.24, 2.45) is 5.92 Å². The lowest BCUT2D eigenvalue weighted by Crippen LogP contribution is -2.39. The van der Waals surface area contributed by atoms with Gasteiger partial charge in [-0.15, -0.1) is 0 Å². The molecule has 0 spiro atoms. The second kappa shape index (κ2) is 8.41. The van der Waals surface area contributed by atoms with Gasteiger partial charge in [-0.25, -0.2) is 9.18 Å². The first kappa shape index (κ1) is 20.9. The SMILES string of the molecule is CC(C)OC(=O)N1CC=C(c2ccc(Cn3ccc4cc(N)cc(F)c43)nc2)C(C)C1. The minimum atomic E-state index is -0.335. The largest absolute Gasteiger partial charge is 0.447 e. The molecule has 7 heteroatoms. The van der Waals surface area contributed by atoms with Crippen LogP contribution >= 0.6 is 0 Å². The second-order valence-corrected chi connectivity index (χ2v) is 8.32. The Morgan fingerprint density at radius 3 is 2.81 bits per heavy atom. The lowest BCUT2D eigenvalue weighted by molar-refractivity contribution is 0.0769. The minimum absolute atomic E-state index is 0.131. The average Bonchev–Trinajstić information content (AvgIpc) is 3.11. The van der Waals surface area contributed by atoms with Crippen LogP contribution in [0.4, 0.5) is 14.9 Å². The Morgan fingerprint density at radius 1 is 1.32 bits per heavy atom. The van der Waals surface area contributed by atoms with E-state index in [9.17, 15) is 9.18 Å². The summed E-state index contributed by atoms with van der Waals surface area (Å²) in [6.45, 7) is 7.38. The second-order valence-electron chi connectivity index (χ2n) is 8.32. The van der Waals surface area contributed by atoms with Gasteiger partial charge in [-0.1, -0.05) is 19.1 Å². The molecule has 0 bridgehead atoms. The Hall–Kier alpha value is -3.35. The van der Waals surface area contributed by atoms with Crippen LogP contribution in [0.15, 0.2) is 48.8 Å². The van der Waals surface area contributed by atoms with Gasteiger partial charge in [0.1, 0.15) is 5.82 Å². The predicted octanol–water partition coefficient (Wildman–Crippen LogP) is 4.69. The lowest BCUT2D eigenvalue weighted by Gasteiger charge is -2.31. The Labute approximate surface area is 181 Å². The maximum atomic E-state index is 14.4. The zero-order valence-electron chi connectivity index (χ0n) is 18.0. The lowest BCUT2D eigenvalue weighted by atomic mass is 9.91. The highest BCUT2D eigenvalue weighted by atomic mass is 19.1. The molecule has 1 aliphatic rings. The van der Waals surface area contributed by atoms with Crippen LogP contribution in [0.25, 0.3) is 16.5 Å². The normalized spacial score (nSPS) is 16.6. The number of carbonyl (C=O) groups is 1. The highest BCUT2D eigenvalue weighted by Crippen LogP contribution is 2.28.